The third kappa shape index (κ3) is 7.20. The number of hydrogen-bond donors (Lipinski definition) is 1. The molecule has 28 heavy (non-hydrogen) atoms. The molecule has 6 nitrogen and oxygen atoms in total. The fourth-order valence-corrected chi connectivity index (χ4v) is 4.58. The molecule has 0 radical (unpaired) electrons. The summed E-state index contributed by atoms with van der Waals surface area (Å²) >= 11 is 0. The Balaban J connectivity index is 1.76. The molecule has 0 aromatic heterocycles. The van der Waals surface area contributed by atoms with Crippen molar-refractivity contribution in [3.05, 3.63) is 0 Å². The lowest BCUT2D eigenvalue weighted by Crippen LogP contribution is -2.58. The molecule has 2 unspecified atom stereocenters. The second kappa shape index (κ2) is 11.4. The molecule has 2 saturated heterocycles. The lowest BCUT2D eigenvalue weighted by molar-refractivity contribution is 0.00955. The van der Waals surface area contributed by atoms with E-state index in [1.54, 1.807) is 7.11 Å². The summed E-state index contributed by atoms with van der Waals surface area (Å²) in [7, 11) is 3.64. The highest BCUT2D eigenvalue weighted by molar-refractivity contribution is 5.80. The van der Waals surface area contributed by atoms with E-state index in [0.29, 0.717) is 6.10 Å². The van der Waals surface area contributed by atoms with Gasteiger partial charge in [0.05, 0.1) is 6.10 Å². The van der Waals surface area contributed by atoms with Crippen LogP contribution in [-0.2, 0) is 9.47 Å². The van der Waals surface area contributed by atoms with Crippen LogP contribution in [0.3, 0.4) is 0 Å². The molecule has 1 N–H and O–H groups in total. The van der Waals surface area contributed by atoms with E-state index in [9.17, 15) is 0 Å². The predicted molar refractivity (Wildman–Crippen MR) is 117 cm³/mol. The van der Waals surface area contributed by atoms with Crippen molar-refractivity contribution < 1.29 is 9.47 Å². The largest absolute Gasteiger partial charge is 0.385 e. The minimum atomic E-state index is 0.127. The van der Waals surface area contributed by atoms with Crippen LogP contribution in [0.25, 0.3) is 0 Å². The van der Waals surface area contributed by atoms with Gasteiger partial charge in [-0.15, -0.1) is 0 Å². The summed E-state index contributed by atoms with van der Waals surface area (Å²) < 4.78 is 11.1. The molecule has 2 atom stereocenters. The predicted octanol–water partition coefficient (Wildman–Crippen LogP) is 2.84. The van der Waals surface area contributed by atoms with Crippen molar-refractivity contribution in [1.82, 2.24) is 15.1 Å². The number of aliphatic imine (C=N–C) groups is 1. The highest BCUT2D eigenvalue weighted by Crippen LogP contribution is 2.27. The maximum atomic E-state index is 5.99. The second-order valence-corrected chi connectivity index (χ2v) is 9.47. The van der Waals surface area contributed by atoms with Crippen molar-refractivity contribution in [1.29, 1.82) is 0 Å². The van der Waals surface area contributed by atoms with Crippen LogP contribution in [0.5, 0.6) is 0 Å². The lowest BCUT2D eigenvalue weighted by Gasteiger charge is -2.45. The molecule has 2 rings (SSSR count). The molecule has 2 aliphatic heterocycles. The topological polar surface area (TPSA) is 49.3 Å². The molecule has 0 aliphatic carbocycles. The van der Waals surface area contributed by atoms with Gasteiger partial charge in [-0.1, -0.05) is 13.8 Å². The average Bonchev–Trinajstić information content (AvgIpc) is 2.66. The Kier molecular flexibility index (Phi) is 9.51. The molecule has 2 aliphatic rings. The van der Waals surface area contributed by atoms with Crippen molar-refractivity contribution in [2.75, 3.05) is 60.1 Å². The zero-order valence-corrected chi connectivity index (χ0v) is 19.2. The smallest absolute Gasteiger partial charge is 0.193 e. The molecule has 0 bridgehead atoms. The van der Waals surface area contributed by atoms with Gasteiger partial charge in [0.25, 0.3) is 0 Å². The molecule has 2 fully saturated rings. The van der Waals surface area contributed by atoms with E-state index in [-0.39, 0.29) is 5.54 Å². The first kappa shape index (κ1) is 23.4. The SMILES string of the molecule is CN=C(NCC(C)(C)N1CC(C)CC(C)C1)N1CCC(OCCCOC)CC1. The van der Waals surface area contributed by atoms with Gasteiger partial charge in [-0.2, -0.15) is 0 Å². The third-order valence-corrected chi connectivity index (χ3v) is 6.20. The van der Waals surface area contributed by atoms with Crippen molar-refractivity contribution in [3.63, 3.8) is 0 Å². The fraction of sp³-hybridized carbons (Fsp3) is 0.955. The summed E-state index contributed by atoms with van der Waals surface area (Å²) in [6.07, 6.45) is 4.84. The third-order valence-electron chi connectivity index (χ3n) is 6.20. The summed E-state index contributed by atoms with van der Waals surface area (Å²) in [6, 6.07) is 0. The number of ether oxygens (including phenoxy) is 2. The van der Waals surface area contributed by atoms with E-state index in [2.05, 4.69) is 47.8 Å². The number of nitrogens with zero attached hydrogens (tertiary/aromatic N) is 3. The summed E-state index contributed by atoms with van der Waals surface area (Å²) in [6.45, 7) is 16.4. The van der Waals surface area contributed by atoms with Gasteiger partial charge in [0.15, 0.2) is 5.96 Å². The fourth-order valence-electron chi connectivity index (χ4n) is 4.58. The summed E-state index contributed by atoms with van der Waals surface area (Å²) in [5.41, 5.74) is 0.127. The Morgan fingerprint density at radius 1 is 1.11 bits per heavy atom. The highest BCUT2D eigenvalue weighted by Gasteiger charge is 2.33. The number of guanidine groups is 1. The Morgan fingerprint density at radius 3 is 2.32 bits per heavy atom. The molecular weight excluding hydrogens is 352 g/mol. The van der Waals surface area contributed by atoms with Crippen LogP contribution >= 0.6 is 0 Å². The maximum absolute atomic E-state index is 5.99. The van der Waals surface area contributed by atoms with Crippen molar-refractivity contribution in [2.24, 2.45) is 16.8 Å². The Morgan fingerprint density at radius 2 is 1.75 bits per heavy atom. The standard InChI is InChI=1S/C22H44N4O2/c1-18-14-19(2)16-26(15-18)22(3,4)17-24-21(23-5)25-10-8-20(9-11-25)28-13-7-12-27-6/h18-20H,7-17H2,1-6H3,(H,23,24). The maximum Gasteiger partial charge on any atom is 0.193 e. The van der Waals surface area contributed by atoms with E-state index in [4.69, 9.17) is 9.47 Å². The van der Waals surface area contributed by atoms with Gasteiger partial charge in [0.1, 0.15) is 0 Å². The average molecular weight is 397 g/mol. The van der Waals surface area contributed by atoms with Gasteiger partial charge in [0.2, 0.25) is 0 Å². The Bertz CT molecular complexity index is 465. The molecule has 0 aromatic rings. The minimum Gasteiger partial charge on any atom is -0.385 e. The molecule has 0 spiro atoms. The van der Waals surface area contributed by atoms with Crippen molar-refractivity contribution in [3.8, 4) is 0 Å². The molecule has 164 valence electrons. The zero-order valence-electron chi connectivity index (χ0n) is 19.2. The molecule has 2 heterocycles. The zero-order chi connectivity index (χ0) is 20.6. The number of methoxy groups -OCH3 is 1. The quantitative estimate of drug-likeness (QED) is 0.388. The van der Waals surface area contributed by atoms with Gasteiger partial charge < -0.3 is 19.7 Å². The normalized spacial score (nSPS) is 25.9. The van der Waals surface area contributed by atoms with Crippen LogP contribution in [0, 0.1) is 11.8 Å². The van der Waals surface area contributed by atoms with Gasteiger partial charge >= 0.3 is 0 Å². The molecule has 0 amide bonds. The van der Waals surface area contributed by atoms with E-state index in [1.165, 1.54) is 19.5 Å². The first-order valence-electron chi connectivity index (χ1n) is 11.2. The highest BCUT2D eigenvalue weighted by atomic mass is 16.5. The van der Waals surface area contributed by atoms with E-state index in [1.807, 2.05) is 7.05 Å². The van der Waals surface area contributed by atoms with Crippen molar-refractivity contribution >= 4 is 5.96 Å². The van der Waals surface area contributed by atoms with Gasteiger partial charge in [0, 0.05) is 65.6 Å². The van der Waals surface area contributed by atoms with Crippen LogP contribution in [0.15, 0.2) is 4.99 Å². The van der Waals surface area contributed by atoms with Gasteiger partial charge in [-0.3, -0.25) is 9.89 Å². The molecule has 0 aromatic carbocycles. The van der Waals surface area contributed by atoms with Crippen LogP contribution in [0.2, 0.25) is 0 Å². The Labute approximate surface area is 173 Å². The van der Waals surface area contributed by atoms with Crippen LogP contribution in [0.4, 0.5) is 0 Å². The lowest BCUT2D eigenvalue weighted by atomic mass is 9.88. The van der Waals surface area contributed by atoms with E-state index < -0.39 is 0 Å². The number of hydrogen-bond acceptors (Lipinski definition) is 4. The first-order chi connectivity index (χ1) is 13.4. The van der Waals surface area contributed by atoms with Gasteiger partial charge in [-0.25, -0.2) is 0 Å². The van der Waals surface area contributed by atoms with Crippen LogP contribution in [0.1, 0.15) is 53.4 Å². The molecule has 0 saturated carbocycles. The second-order valence-electron chi connectivity index (χ2n) is 9.47. The number of piperidine rings is 2. The monoisotopic (exact) mass is 396 g/mol. The van der Waals surface area contributed by atoms with E-state index in [0.717, 1.165) is 69.9 Å². The minimum absolute atomic E-state index is 0.127. The Hall–Kier alpha value is -0.850. The summed E-state index contributed by atoms with van der Waals surface area (Å²) in [5.74, 6) is 2.60. The van der Waals surface area contributed by atoms with Crippen LogP contribution in [-0.4, -0.2) is 87.5 Å². The summed E-state index contributed by atoms with van der Waals surface area (Å²) in [4.78, 5) is 9.60. The molecular formula is C22H44N4O2. The number of nitrogens with one attached hydrogen (secondary N) is 1. The van der Waals surface area contributed by atoms with Crippen LogP contribution < -0.4 is 5.32 Å². The first-order valence-corrected chi connectivity index (χ1v) is 11.2. The summed E-state index contributed by atoms with van der Waals surface area (Å²) in [5, 5.41) is 3.66. The number of rotatable bonds is 8. The van der Waals surface area contributed by atoms with E-state index >= 15 is 0 Å². The van der Waals surface area contributed by atoms with Gasteiger partial charge in [-0.05, 0) is 51.4 Å². The number of likely N-dealkylation sites (tertiary alicyclic amines) is 2. The molecule has 6 heteroatoms. The van der Waals surface area contributed by atoms with Crippen molar-refractivity contribution in [2.45, 2.75) is 65.0 Å².